The summed E-state index contributed by atoms with van der Waals surface area (Å²) in [7, 11) is 0. The zero-order chi connectivity index (χ0) is 14.0. The highest BCUT2D eigenvalue weighted by Crippen LogP contribution is 2.46. The van der Waals surface area contributed by atoms with Gasteiger partial charge < -0.3 is 10.2 Å². The van der Waals surface area contributed by atoms with Gasteiger partial charge in [-0.05, 0) is 69.5 Å². The van der Waals surface area contributed by atoms with Crippen LogP contribution in [0.1, 0.15) is 71.6 Å². The summed E-state index contributed by atoms with van der Waals surface area (Å²) in [4.78, 5) is 2.84. The molecule has 1 spiro atoms. The quantitative estimate of drug-likeness (QED) is 0.841. The summed E-state index contributed by atoms with van der Waals surface area (Å²) in [5.74, 6) is 0.929. The Balaban J connectivity index is 1.46. The van der Waals surface area contributed by atoms with Crippen LogP contribution in [0.5, 0.6) is 0 Å². The lowest BCUT2D eigenvalue weighted by atomic mass is 9.67. The van der Waals surface area contributed by atoms with Gasteiger partial charge in [-0.1, -0.05) is 33.1 Å². The van der Waals surface area contributed by atoms with Crippen LogP contribution in [0.2, 0.25) is 0 Å². The molecular formula is C18H34N2. The van der Waals surface area contributed by atoms with Crippen LogP contribution in [0, 0.1) is 11.3 Å². The minimum absolute atomic E-state index is 0.642. The van der Waals surface area contributed by atoms with E-state index in [1.807, 2.05) is 0 Å². The van der Waals surface area contributed by atoms with Gasteiger partial charge in [0.05, 0.1) is 0 Å². The molecule has 2 heteroatoms. The van der Waals surface area contributed by atoms with E-state index in [1.165, 1.54) is 77.4 Å². The Hall–Kier alpha value is -0.0800. The first-order valence-electron chi connectivity index (χ1n) is 9.16. The molecule has 2 unspecified atom stereocenters. The highest BCUT2D eigenvalue weighted by Gasteiger charge is 2.41. The SMILES string of the molecule is CC(C)NCC1CCC1N1CCC2(CCCCC2)CC1. The van der Waals surface area contributed by atoms with E-state index in [0.717, 1.165) is 17.4 Å². The number of rotatable bonds is 4. The van der Waals surface area contributed by atoms with Gasteiger partial charge in [0.2, 0.25) is 0 Å². The van der Waals surface area contributed by atoms with Crippen molar-refractivity contribution in [2.45, 2.75) is 83.7 Å². The van der Waals surface area contributed by atoms with Crippen LogP contribution in [0.4, 0.5) is 0 Å². The van der Waals surface area contributed by atoms with Crippen molar-refractivity contribution in [2.75, 3.05) is 19.6 Å². The number of hydrogen-bond acceptors (Lipinski definition) is 2. The third-order valence-electron chi connectivity index (χ3n) is 6.41. The molecule has 3 fully saturated rings. The minimum Gasteiger partial charge on any atom is -0.314 e. The molecule has 1 heterocycles. The lowest BCUT2D eigenvalue weighted by molar-refractivity contribution is -0.00506. The van der Waals surface area contributed by atoms with Gasteiger partial charge in [0, 0.05) is 12.1 Å². The van der Waals surface area contributed by atoms with Crippen LogP contribution in [-0.4, -0.2) is 36.6 Å². The molecule has 1 saturated heterocycles. The average Bonchev–Trinajstić information content (AvgIpc) is 2.41. The van der Waals surface area contributed by atoms with Crippen LogP contribution in [0.25, 0.3) is 0 Å². The Morgan fingerprint density at radius 1 is 1.00 bits per heavy atom. The Kier molecular flexibility index (Phi) is 4.72. The topological polar surface area (TPSA) is 15.3 Å². The fraction of sp³-hybridized carbons (Fsp3) is 1.00. The van der Waals surface area contributed by atoms with Crippen molar-refractivity contribution < 1.29 is 0 Å². The molecule has 0 radical (unpaired) electrons. The lowest BCUT2D eigenvalue weighted by Gasteiger charge is -2.51. The zero-order valence-corrected chi connectivity index (χ0v) is 13.7. The summed E-state index contributed by atoms with van der Waals surface area (Å²) in [5.41, 5.74) is 0.768. The molecular weight excluding hydrogens is 244 g/mol. The van der Waals surface area contributed by atoms with Gasteiger partial charge in [0.1, 0.15) is 0 Å². The predicted molar refractivity (Wildman–Crippen MR) is 86.0 cm³/mol. The van der Waals surface area contributed by atoms with Gasteiger partial charge in [-0.2, -0.15) is 0 Å². The second-order valence-corrected chi connectivity index (χ2v) is 8.06. The van der Waals surface area contributed by atoms with Crippen molar-refractivity contribution in [3.8, 4) is 0 Å². The second-order valence-electron chi connectivity index (χ2n) is 8.06. The molecule has 3 aliphatic rings. The van der Waals surface area contributed by atoms with Gasteiger partial charge in [-0.25, -0.2) is 0 Å². The molecule has 2 nitrogen and oxygen atoms in total. The molecule has 116 valence electrons. The number of likely N-dealkylation sites (tertiary alicyclic amines) is 1. The molecule has 1 N–H and O–H groups in total. The van der Waals surface area contributed by atoms with Gasteiger partial charge in [0.25, 0.3) is 0 Å². The van der Waals surface area contributed by atoms with E-state index in [4.69, 9.17) is 0 Å². The smallest absolute Gasteiger partial charge is 0.0136 e. The monoisotopic (exact) mass is 278 g/mol. The van der Waals surface area contributed by atoms with Crippen molar-refractivity contribution in [3.05, 3.63) is 0 Å². The van der Waals surface area contributed by atoms with E-state index in [0.29, 0.717) is 6.04 Å². The van der Waals surface area contributed by atoms with Gasteiger partial charge in [0.15, 0.2) is 0 Å². The molecule has 2 aliphatic carbocycles. The molecule has 20 heavy (non-hydrogen) atoms. The normalized spacial score (nSPS) is 34.4. The molecule has 3 rings (SSSR count). The average molecular weight is 278 g/mol. The Morgan fingerprint density at radius 3 is 2.25 bits per heavy atom. The molecule has 0 aromatic heterocycles. The second kappa shape index (κ2) is 6.36. The van der Waals surface area contributed by atoms with Crippen LogP contribution in [0.3, 0.4) is 0 Å². The zero-order valence-electron chi connectivity index (χ0n) is 13.7. The number of piperidine rings is 1. The van der Waals surface area contributed by atoms with Crippen molar-refractivity contribution >= 4 is 0 Å². The maximum absolute atomic E-state index is 3.65. The molecule has 0 bridgehead atoms. The Labute approximate surface area is 125 Å². The maximum atomic E-state index is 3.65. The van der Waals surface area contributed by atoms with Crippen molar-refractivity contribution in [1.82, 2.24) is 10.2 Å². The summed E-state index contributed by atoms with van der Waals surface area (Å²) >= 11 is 0. The van der Waals surface area contributed by atoms with Gasteiger partial charge in [-0.3, -0.25) is 0 Å². The van der Waals surface area contributed by atoms with Crippen LogP contribution in [-0.2, 0) is 0 Å². The van der Waals surface area contributed by atoms with Gasteiger partial charge in [-0.15, -0.1) is 0 Å². The fourth-order valence-corrected chi connectivity index (χ4v) is 4.79. The number of hydrogen-bond donors (Lipinski definition) is 1. The number of nitrogens with one attached hydrogen (secondary N) is 1. The summed E-state index contributed by atoms with van der Waals surface area (Å²) in [6.07, 6.45) is 13.5. The highest BCUT2D eigenvalue weighted by molar-refractivity contribution is 4.95. The Morgan fingerprint density at radius 2 is 1.70 bits per heavy atom. The first-order valence-corrected chi connectivity index (χ1v) is 9.16. The van der Waals surface area contributed by atoms with Crippen molar-refractivity contribution in [1.29, 1.82) is 0 Å². The van der Waals surface area contributed by atoms with E-state index < -0.39 is 0 Å². The largest absolute Gasteiger partial charge is 0.314 e. The van der Waals surface area contributed by atoms with E-state index in [2.05, 4.69) is 24.1 Å². The third kappa shape index (κ3) is 3.22. The molecule has 0 amide bonds. The van der Waals surface area contributed by atoms with Crippen molar-refractivity contribution in [3.63, 3.8) is 0 Å². The van der Waals surface area contributed by atoms with Gasteiger partial charge >= 0.3 is 0 Å². The molecule has 2 atom stereocenters. The summed E-state index contributed by atoms with van der Waals surface area (Å²) < 4.78 is 0. The van der Waals surface area contributed by atoms with E-state index in [-0.39, 0.29) is 0 Å². The predicted octanol–water partition coefficient (Wildman–Crippen LogP) is 3.81. The summed E-state index contributed by atoms with van der Waals surface area (Å²) in [5, 5.41) is 3.65. The van der Waals surface area contributed by atoms with Crippen LogP contribution in [0.15, 0.2) is 0 Å². The molecule has 2 saturated carbocycles. The van der Waals surface area contributed by atoms with E-state index in [1.54, 1.807) is 0 Å². The van der Waals surface area contributed by atoms with Crippen LogP contribution >= 0.6 is 0 Å². The molecule has 0 aromatic carbocycles. The molecule has 0 aromatic rings. The minimum atomic E-state index is 0.642. The van der Waals surface area contributed by atoms with Crippen molar-refractivity contribution in [2.24, 2.45) is 11.3 Å². The molecule has 1 aliphatic heterocycles. The fourth-order valence-electron chi connectivity index (χ4n) is 4.79. The Bertz CT molecular complexity index is 297. The van der Waals surface area contributed by atoms with Crippen LogP contribution < -0.4 is 5.32 Å². The first-order chi connectivity index (χ1) is 9.69. The standard InChI is InChI=1S/C18H34N2/c1-15(2)19-14-16-6-7-17(16)20-12-10-18(11-13-20)8-4-3-5-9-18/h15-17,19H,3-14H2,1-2H3. The summed E-state index contributed by atoms with van der Waals surface area (Å²) in [6.45, 7) is 8.55. The van der Waals surface area contributed by atoms with E-state index >= 15 is 0 Å². The van der Waals surface area contributed by atoms with E-state index in [9.17, 15) is 0 Å². The lowest BCUT2D eigenvalue weighted by Crippen LogP contribution is -2.54. The first kappa shape index (κ1) is 14.8. The summed E-state index contributed by atoms with van der Waals surface area (Å²) in [6, 6.07) is 1.55. The highest BCUT2D eigenvalue weighted by atomic mass is 15.2. The maximum Gasteiger partial charge on any atom is 0.0136 e. The number of nitrogens with zero attached hydrogens (tertiary/aromatic N) is 1. The third-order valence-corrected chi connectivity index (χ3v) is 6.41.